The number of alkyl carbamates (subject to hydrolysis) is 1. The Bertz CT molecular complexity index is 223. The molecule has 13 heavy (non-hydrogen) atoms. The fourth-order valence-electron chi connectivity index (χ4n) is 0.978. The minimum Gasteiger partial charge on any atom is -0.444 e. The number of rotatable bonds is 3. The van der Waals surface area contributed by atoms with Crippen LogP contribution in [0.4, 0.5) is 4.79 Å². The van der Waals surface area contributed by atoms with Gasteiger partial charge in [0, 0.05) is 0 Å². The van der Waals surface area contributed by atoms with Gasteiger partial charge < -0.3 is 14.9 Å². The van der Waals surface area contributed by atoms with Gasteiger partial charge >= 0.3 is 6.09 Å². The normalized spacial score (nSPS) is 26.2. The van der Waals surface area contributed by atoms with Gasteiger partial charge in [0.25, 0.3) is 0 Å². The highest BCUT2D eigenvalue weighted by atomic mass is 16.6. The molecule has 1 aliphatic heterocycles. The van der Waals surface area contributed by atoms with E-state index in [1.807, 2.05) is 20.8 Å². The monoisotopic (exact) mass is 186 g/mol. The van der Waals surface area contributed by atoms with Crippen molar-refractivity contribution in [3.05, 3.63) is 0 Å². The standard InChI is InChI=1S/C8H14N2O3/c1-5(2)10-12-4-7-6(3)13-8(11)9-7/h6-7H,4H2,1-3H3,(H,9,11)/t6-,7+/m0/s1. The summed E-state index contributed by atoms with van der Waals surface area (Å²) in [5.41, 5.74) is 0.845. The van der Waals surface area contributed by atoms with Crippen LogP contribution in [0.25, 0.3) is 0 Å². The molecule has 74 valence electrons. The summed E-state index contributed by atoms with van der Waals surface area (Å²) in [5.74, 6) is 0. The van der Waals surface area contributed by atoms with E-state index in [2.05, 4.69) is 10.5 Å². The van der Waals surface area contributed by atoms with E-state index in [-0.39, 0.29) is 12.1 Å². The Hall–Kier alpha value is -1.26. The van der Waals surface area contributed by atoms with Crippen LogP contribution in [-0.2, 0) is 9.57 Å². The lowest BCUT2D eigenvalue weighted by molar-refractivity contribution is 0.0911. The van der Waals surface area contributed by atoms with Gasteiger partial charge in [-0.15, -0.1) is 0 Å². The Kier molecular flexibility index (Phi) is 3.11. The van der Waals surface area contributed by atoms with Crippen LogP contribution in [0.5, 0.6) is 0 Å². The van der Waals surface area contributed by atoms with Crippen LogP contribution in [0.1, 0.15) is 20.8 Å². The van der Waals surface area contributed by atoms with E-state index in [0.717, 1.165) is 5.71 Å². The molecule has 0 bridgehead atoms. The predicted octanol–water partition coefficient (Wildman–Crippen LogP) is 0.896. The molecule has 1 N–H and O–H groups in total. The summed E-state index contributed by atoms with van der Waals surface area (Å²) in [7, 11) is 0. The highest BCUT2D eigenvalue weighted by Crippen LogP contribution is 2.07. The van der Waals surface area contributed by atoms with Crippen LogP contribution in [0.15, 0.2) is 5.16 Å². The molecule has 0 aliphatic carbocycles. The average molecular weight is 186 g/mol. The molecule has 0 unspecified atom stereocenters. The Balaban J connectivity index is 2.29. The number of hydrogen-bond donors (Lipinski definition) is 1. The largest absolute Gasteiger partial charge is 0.444 e. The molecule has 0 aromatic heterocycles. The molecule has 0 spiro atoms. The summed E-state index contributed by atoms with van der Waals surface area (Å²) in [4.78, 5) is 15.7. The predicted molar refractivity (Wildman–Crippen MR) is 47.6 cm³/mol. The van der Waals surface area contributed by atoms with Crippen molar-refractivity contribution >= 4 is 11.8 Å². The third kappa shape index (κ3) is 2.93. The molecule has 1 rings (SSSR count). The fourth-order valence-corrected chi connectivity index (χ4v) is 0.978. The smallest absolute Gasteiger partial charge is 0.407 e. The Morgan fingerprint density at radius 1 is 1.69 bits per heavy atom. The van der Waals surface area contributed by atoms with Crippen molar-refractivity contribution in [3.63, 3.8) is 0 Å². The molecule has 0 aromatic rings. The van der Waals surface area contributed by atoms with Gasteiger partial charge in [0.2, 0.25) is 0 Å². The van der Waals surface area contributed by atoms with Gasteiger partial charge in [0.15, 0.2) is 0 Å². The lowest BCUT2D eigenvalue weighted by atomic mass is 10.2. The van der Waals surface area contributed by atoms with E-state index in [1.54, 1.807) is 0 Å². The van der Waals surface area contributed by atoms with Crippen molar-refractivity contribution in [1.29, 1.82) is 0 Å². The van der Waals surface area contributed by atoms with Gasteiger partial charge in [-0.1, -0.05) is 5.16 Å². The SMILES string of the molecule is CC(C)=NOC[C@H]1NC(=O)O[C@H]1C. The maximum Gasteiger partial charge on any atom is 0.407 e. The van der Waals surface area contributed by atoms with E-state index in [0.29, 0.717) is 6.61 Å². The highest BCUT2D eigenvalue weighted by molar-refractivity contribution is 5.78. The number of cyclic esters (lactones) is 1. The van der Waals surface area contributed by atoms with Crippen molar-refractivity contribution in [2.75, 3.05) is 6.61 Å². The summed E-state index contributed by atoms with van der Waals surface area (Å²) in [6.45, 7) is 5.84. The second-order valence-corrected chi connectivity index (χ2v) is 3.20. The van der Waals surface area contributed by atoms with Crippen molar-refractivity contribution in [1.82, 2.24) is 5.32 Å². The molecule has 2 atom stereocenters. The fraction of sp³-hybridized carbons (Fsp3) is 0.750. The molecule has 5 heteroatoms. The molecule has 5 nitrogen and oxygen atoms in total. The third-order valence-corrected chi connectivity index (χ3v) is 1.66. The molecule has 1 heterocycles. The Morgan fingerprint density at radius 2 is 2.38 bits per heavy atom. The van der Waals surface area contributed by atoms with Gasteiger partial charge in [-0.3, -0.25) is 0 Å². The maximum atomic E-state index is 10.7. The molecule has 0 saturated carbocycles. The number of nitrogens with one attached hydrogen (secondary N) is 1. The number of nitrogens with zero attached hydrogens (tertiary/aromatic N) is 1. The molecular formula is C8H14N2O3. The lowest BCUT2D eigenvalue weighted by Gasteiger charge is -2.10. The zero-order valence-corrected chi connectivity index (χ0v) is 8.03. The number of oxime groups is 1. The molecule has 1 saturated heterocycles. The van der Waals surface area contributed by atoms with Crippen LogP contribution in [-0.4, -0.2) is 30.6 Å². The van der Waals surface area contributed by atoms with Crippen LogP contribution >= 0.6 is 0 Å². The molecule has 1 aliphatic rings. The topological polar surface area (TPSA) is 59.9 Å². The first-order valence-electron chi connectivity index (χ1n) is 4.20. The molecule has 1 amide bonds. The maximum absolute atomic E-state index is 10.7. The summed E-state index contributed by atoms with van der Waals surface area (Å²) in [6, 6.07) is -0.101. The third-order valence-electron chi connectivity index (χ3n) is 1.66. The first kappa shape index (κ1) is 9.83. The molecule has 0 radical (unpaired) electrons. The second kappa shape index (κ2) is 4.11. The van der Waals surface area contributed by atoms with E-state index < -0.39 is 6.09 Å². The minimum atomic E-state index is -0.390. The zero-order valence-electron chi connectivity index (χ0n) is 8.03. The van der Waals surface area contributed by atoms with Gasteiger partial charge in [-0.05, 0) is 20.8 Å². The van der Waals surface area contributed by atoms with Gasteiger partial charge in [-0.2, -0.15) is 0 Å². The zero-order chi connectivity index (χ0) is 9.84. The van der Waals surface area contributed by atoms with Gasteiger partial charge in [0.05, 0.1) is 5.71 Å². The van der Waals surface area contributed by atoms with Gasteiger partial charge in [-0.25, -0.2) is 4.79 Å². The number of amides is 1. The van der Waals surface area contributed by atoms with Crippen LogP contribution < -0.4 is 5.32 Å². The van der Waals surface area contributed by atoms with Crippen molar-refractivity contribution in [2.45, 2.75) is 32.9 Å². The first-order valence-corrected chi connectivity index (χ1v) is 4.20. The number of ether oxygens (including phenoxy) is 1. The number of carbonyl (C=O) groups is 1. The van der Waals surface area contributed by atoms with Crippen LogP contribution in [0.3, 0.4) is 0 Å². The van der Waals surface area contributed by atoms with Gasteiger partial charge in [0.1, 0.15) is 18.8 Å². The highest BCUT2D eigenvalue weighted by Gasteiger charge is 2.30. The molecular weight excluding hydrogens is 172 g/mol. The van der Waals surface area contributed by atoms with Crippen molar-refractivity contribution in [2.24, 2.45) is 5.16 Å². The number of carbonyl (C=O) groups excluding carboxylic acids is 1. The van der Waals surface area contributed by atoms with Crippen molar-refractivity contribution in [3.8, 4) is 0 Å². The Morgan fingerprint density at radius 3 is 2.85 bits per heavy atom. The average Bonchev–Trinajstić information content (AvgIpc) is 2.29. The van der Waals surface area contributed by atoms with E-state index in [1.165, 1.54) is 0 Å². The lowest BCUT2D eigenvalue weighted by Crippen LogP contribution is -2.34. The van der Waals surface area contributed by atoms with E-state index in [9.17, 15) is 4.79 Å². The number of hydrogen-bond acceptors (Lipinski definition) is 4. The molecule has 0 aromatic carbocycles. The summed E-state index contributed by atoms with van der Waals surface area (Å²) in [5, 5.41) is 6.38. The summed E-state index contributed by atoms with van der Waals surface area (Å²) < 4.78 is 4.85. The van der Waals surface area contributed by atoms with E-state index in [4.69, 9.17) is 9.57 Å². The summed E-state index contributed by atoms with van der Waals surface area (Å²) >= 11 is 0. The van der Waals surface area contributed by atoms with Crippen molar-refractivity contribution < 1.29 is 14.4 Å². The summed E-state index contributed by atoms with van der Waals surface area (Å²) in [6.07, 6.45) is -0.543. The minimum absolute atomic E-state index is 0.101. The second-order valence-electron chi connectivity index (χ2n) is 3.20. The quantitative estimate of drug-likeness (QED) is 0.526. The van der Waals surface area contributed by atoms with Crippen LogP contribution in [0, 0.1) is 0 Å². The van der Waals surface area contributed by atoms with E-state index >= 15 is 0 Å². The first-order chi connectivity index (χ1) is 6.09. The van der Waals surface area contributed by atoms with Crippen LogP contribution in [0.2, 0.25) is 0 Å². The Labute approximate surface area is 77.1 Å². The molecule has 1 fully saturated rings.